The number of thiophene rings is 1. The Morgan fingerprint density at radius 2 is 2.12 bits per heavy atom. The SMILES string of the molecule is COC(=O)C(=Cc1ccc(C)s1)CCC(=O)O. The zero-order valence-corrected chi connectivity index (χ0v) is 10.5. The number of ether oxygens (including phenoxy) is 1. The van der Waals surface area contributed by atoms with Gasteiger partial charge in [-0.15, -0.1) is 11.3 Å². The van der Waals surface area contributed by atoms with Gasteiger partial charge in [0.15, 0.2) is 0 Å². The lowest BCUT2D eigenvalue weighted by atomic mass is 10.1. The molecule has 5 heteroatoms. The largest absolute Gasteiger partial charge is 0.481 e. The summed E-state index contributed by atoms with van der Waals surface area (Å²) in [5.41, 5.74) is 0.386. The van der Waals surface area contributed by atoms with Crippen LogP contribution in [-0.2, 0) is 14.3 Å². The molecule has 0 fully saturated rings. The molecule has 0 aromatic carbocycles. The molecule has 92 valence electrons. The molecule has 0 saturated carbocycles. The normalized spacial score (nSPS) is 11.3. The maximum absolute atomic E-state index is 11.5. The predicted molar refractivity (Wildman–Crippen MR) is 65.9 cm³/mol. The van der Waals surface area contributed by atoms with Crippen LogP contribution < -0.4 is 0 Å². The third-order valence-electron chi connectivity index (χ3n) is 2.13. The van der Waals surface area contributed by atoms with E-state index in [0.29, 0.717) is 5.57 Å². The quantitative estimate of drug-likeness (QED) is 0.647. The van der Waals surface area contributed by atoms with E-state index in [-0.39, 0.29) is 12.8 Å². The summed E-state index contributed by atoms with van der Waals surface area (Å²) in [5, 5.41) is 8.61. The molecule has 1 N–H and O–H groups in total. The molecule has 0 aliphatic heterocycles. The molecular formula is C12H14O4S. The molecule has 0 saturated heterocycles. The van der Waals surface area contributed by atoms with E-state index in [1.54, 1.807) is 17.4 Å². The zero-order chi connectivity index (χ0) is 12.8. The number of aliphatic carboxylic acids is 1. The standard InChI is InChI=1S/C12H14O4S/c1-8-3-5-10(17-8)7-9(12(15)16-2)4-6-11(13)14/h3,5,7H,4,6H2,1-2H3,(H,13,14). The Hall–Kier alpha value is -1.62. The van der Waals surface area contributed by atoms with Gasteiger partial charge in [0.2, 0.25) is 0 Å². The summed E-state index contributed by atoms with van der Waals surface area (Å²) in [6.45, 7) is 1.97. The van der Waals surface area contributed by atoms with E-state index in [1.165, 1.54) is 7.11 Å². The number of esters is 1. The summed E-state index contributed by atoms with van der Waals surface area (Å²) in [6, 6.07) is 3.84. The van der Waals surface area contributed by atoms with Crippen LogP contribution in [0.1, 0.15) is 22.6 Å². The molecule has 1 rings (SSSR count). The molecular weight excluding hydrogens is 240 g/mol. The molecule has 0 radical (unpaired) electrons. The van der Waals surface area contributed by atoms with E-state index in [9.17, 15) is 9.59 Å². The van der Waals surface area contributed by atoms with Gasteiger partial charge in [0.05, 0.1) is 7.11 Å². The Bertz CT molecular complexity index is 445. The minimum Gasteiger partial charge on any atom is -0.481 e. The van der Waals surface area contributed by atoms with Gasteiger partial charge >= 0.3 is 11.9 Å². The van der Waals surface area contributed by atoms with Crippen LogP contribution in [0, 0.1) is 6.92 Å². The third-order valence-corrected chi connectivity index (χ3v) is 3.08. The van der Waals surface area contributed by atoms with Crippen LogP contribution in [0.5, 0.6) is 0 Å². The monoisotopic (exact) mass is 254 g/mol. The second-order valence-corrected chi connectivity index (χ2v) is 4.82. The highest BCUT2D eigenvalue weighted by Crippen LogP contribution is 2.20. The van der Waals surface area contributed by atoms with Crippen LogP contribution in [-0.4, -0.2) is 24.2 Å². The van der Waals surface area contributed by atoms with Crippen molar-refractivity contribution in [1.82, 2.24) is 0 Å². The summed E-state index contributed by atoms with van der Waals surface area (Å²) < 4.78 is 4.63. The summed E-state index contributed by atoms with van der Waals surface area (Å²) in [6.07, 6.45) is 1.79. The topological polar surface area (TPSA) is 63.6 Å². The molecule has 0 amide bonds. The Morgan fingerprint density at radius 1 is 1.41 bits per heavy atom. The van der Waals surface area contributed by atoms with Gasteiger partial charge in [-0.2, -0.15) is 0 Å². The van der Waals surface area contributed by atoms with Gasteiger partial charge < -0.3 is 9.84 Å². The van der Waals surface area contributed by atoms with Crippen molar-refractivity contribution in [3.05, 3.63) is 27.5 Å². The average molecular weight is 254 g/mol. The second-order valence-electron chi connectivity index (χ2n) is 3.50. The van der Waals surface area contributed by atoms with Gasteiger partial charge in [-0.3, -0.25) is 4.79 Å². The lowest BCUT2D eigenvalue weighted by molar-refractivity contribution is -0.137. The fraction of sp³-hybridized carbons (Fsp3) is 0.333. The highest BCUT2D eigenvalue weighted by atomic mass is 32.1. The van der Waals surface area contributed by atoms with Crippen LogP contribution in [0.25, 0.3) is 6.08 Å². The first-order chi connectivity index (χ1) is 8.02. The van der Waals surface area contributed by atoms with Crippen molar-refractivity contribution < 1.29 is 19.4 Å². The van der Waals surface area contributed by atoms with Crippen molar-refractivity contribution in [2.24, 2.45) is 0 Å². The fourth-order valence-corrected chi connectivity index (χ4v) is 2.15. The lowest BCUT2D eigenvalue weighted by Crippen LogP contribution is -2.06. The highest BCUT2D eigenvalue weighted by Gasteiger charge is 2.12. The summed E-state index contributed by atoms with van der Waals surface area (Å²) in [5.74, 6) is -1.40. The number of rotatable bonds is 5. The van der Waals surface area contributed by atoms with Gasteiger partial charge in [0, 0.05) is 21.7 Å². The van der Waals surface area contributed by atoms with Crippen molar-refractivity contribution in [3.8, 4) is 0 Å². The number of hydrogen-bond donors (Lipinski definition) is 1. The smallest absolute Gasteiger partial charge is 0.333 e. The minimum absolute atomic E-state index is 0.0781. The van der Waals surface area contributed by atoms with Crippen LogP contribution in [0.4, 0.5) is 0 Å². The first-order valence-corrected chi connectivity index (χ1v) is 5.91. The molecule has 4 nitrogen and oxygen atoms in total. The third kappa shape index (κ3) is 4.40. The number of carbonyl (C=O) groups excluding carboxylic acids is 1. The number of hydrogen-bond acceptors (Lipinski definition) is 4. The van der Waals surface area contributed by atoms with E-state index in [4.69, 9.17) is 5.11 Å². The van der Waals surface area contributed by atoms with E-state index in [0.717, 1.165) is 9.75 Å². The van der Waals surface area contributed by atoms with Crippen molar-refractivity contribution in [2.75, 3.05) is 7.11 Å². The molecule has 0 bridgehead atoms. The van der Waals surface area contributed by atoms with E-state index in [1.807, 2.05) is 19.1 Å². The molecule has 0 unspecified atom stereocenters. The highest BCUT2D eigenvalue weighted by molar-refractivity contribution is 7.12. The second kappa shape index (κ2) is 6.20. The van der Waals surface area contributed by atoms with Gasteiger partial charge in [-0.05, 0) is 31.6 Å². The van der Waals surface area contributed by atoms with Crippen molar-refractivity contribution in [1.29, 1.82) is 0 Å². The van der Waals surface area contributed by atoms with Gasteiger partial charge in [0.1, 0.15) is 0 Å². The molecule has 0 aliphatic carbocycles. The van der Waals surface area contributed by atoms with Crippen LogP contribution in [0.3, 0.4) is 0 Å². The maximum Gasteiger partial charge on any atom is 0.333 e. The van der Waals surface area contributed by atoms with Crippen LogP contribution in [0.15, 0.2) is 17.7 Å². The lowest BCUT2D eigenvalue weighted by Gasteiger charge is -2.02. The van der Waals surface area contributed by atoms with Crippen molar-refractivity contribution in [2.45, 2.75) is 19.8 Å². The molecule has 1 heterocycles. The van der Waals surface area contributed by atoms with Gasteiger partial charge in [-0.25, -0.2) is 4.79 Å². The first kappa shape index (κ1) is 13.4. The van der Waals surface area contributed by atoms with E-state index < -0.39 is 11.9 Å². The van der Waals surface area contributed by atoms with E-state index in [2.05, 4.69) is 4.74 Å². The Balaban J connectivity index is 2.85. The average Bonchev–Trinajstić information content (AvgIpc) is 2.68. The summed E-state index contributed by atoms with van der Waals surface area (Å²) in [7, 11) is 1.29. The first-order valence-electron chi connectivity index (χ1n) is 5.10. The number of aryl methyl sites for hydroxylation is 1. The number of carboxylic acid groups (broad SMARTS) is 1. The summed E-state index contributed by atoms with van der Waals surface area (Å²) in [4.78, 5) is 24.0. The molecule has 0 aliphatic rings. The van der Waals surface area contributed by atoms with E-state index >= 15 is 0 Å². The van der Waals surface area contributed by atoms with Gasteiger partial charge in [-0.1, -0.05) is 0 Å². The van der Waals surface area contributed by atoms with Gasteiger partial charge in [0.25, 0.3) is 0 Å². The van der Waals surface area contributed by atoms with Crippen LogP contribution in [0.2, 0.25) is 0 Å². The Morgan fingerprint density at radius 3 is 2.59 bits per heavy atom. The molecule has 1 aromatic rings. The predicted octanol–water partition coefficient (Wildman–Crippen LogP) is 2.48. The minimum atomic E-state index is -0.929. The number of carbonyl (C=O) groups is 2. The molecule has 17 heavy (non-hydrogen) atoms. The van der Waals surface area contributed by atoms with Crippen LogP contribution >= 0.6 is 11.3 Å². The van der Waals surface area contributed by atoms with Crippen molar-refractivity contribution in [3.63, 3.8) is 0 Å². The number of methoxy groups -OCH3 is 1. The molecule has 1 aromatic heterocycles. The Labute approximate surface area is 104 Å². The fourth-order valence-electron chi connectivity index (χ4n) is 1.31. The Kier molecular flexibility index (Phi) is 4.90. The maximum atomic E-state index is 11.5. The number of carboxylic acids is 1. The molecule has 0 spiro atoms. The van der Waals surface area contributed by atoms with Crippen molar-refractivity contribution >= 4 is 29.4 Å². The summed E-state index contributed by atoms with van der Waals surface area (Å²) >= 11 is 1.55. The molecule has 0 atom stereocenters. The zero-order valence-electron chi connectivity index (χ0n) is 9.73.